The molecule has 1 fully saturated rings. The SMILES string of the molecule is CN1CCC(N)(c2noc(CCC(=O)OC(C)(C)C)n2)CC1. The maximum atomic E-state index is 11.7. The number of nitrogens with two attached hydrogens (primary N) is 1. The van der Waals surface area contributed by atoms with Gasteiger partial charge in [-0.2, -0.15) is 4.98 Å². The number of nitrogens with zero attached hydrogens (tertiary/aromatic N) is 3. The number of aryl methyl sites for hydroxylation is 1. The molecular weight excluding hydrogens is 284 g/mol. The standard InChI is InChI=1S/C15H26N4O3/c1-14(2,3)21-12(20)6-5-11-17-13(18-22-11)15(16)7-9-19(4)10-8-15/h5-10,16H2,1-4H3. The molecule has 1 saturated heterocycles. The zero-order chi connectivity index (χ0) is 16.4. The fourth-order valence-corrected chi connectivity index (χ4v) is 2.40. The zero-order valence-electron chi connectivity index (χ0n) is 13.9. The predicted molar refractivity (Wildman–Crippen MR) is 81.1 cm³/mol. The van der Waals surface area contributed by atoms with Gasteiger partial charge in [0.05, 0.1) is 12.0 Å². The van der Waals surface area contributed by atoms with Crippen molar-refractivity contribution in [2.45, 2.75) is 57.6 Å². The van der Waals surface area contributed by atoms with E-state index in [1.807, 2.05) is 20.8 Å². The Morgan fingerprint density at radius 3 is 2.64 bits per heavy atom. The highest BCUT2D eigenvalue weighted by Crippen LogP contribution is 2.27. The fourth-order valence-electron chi connectivity index (χ4n) is 2.40. The van der Waals surface area contributed by atoms with Crippen LogP contribution >= 0.6 is 0 Å². The Morgan fingerprint density at radius 1 is 1.41 bits per heavy atom. The number of esters is 1. The average Bonchev–Trinajstić information content (AvgIpc) is 2.88. The van der Waals surface area contributed by atoms with Crippen LogP contribution in [0.2, 0.25) is 0 Å². The first kappa shape index (κ1) is 16.9. The molecule has 22 heavy (non-hydrogen) atoms. The van der Waals surface area contributed by atoms with E-state index < -0.39 is 11.1 Å². The van der Waals surface area contributed by atoms with Gasteiger partial charge in [-0.25, -0.2) is 0 Å². The lowest BCUT2D eigenvalue weighted by Crippen LogP contribution is -2.47. The molecule has 0 spiro atoms. The highest BCUT2D eigenvalue weighted by Gasteiger charge is 2.35. The Kier molecular flexibility index (Phi) is 4.87. The lowest BCUT2D eigenvalue weighted by molar-refractivity contribution is -0.154. The highest BCUT2D eigenvalue weighted by molar-refractivity contribution is 5.70. The second-order valence-corrected chi connectivity index (χ2v) is 7.06. The van der Waals surface area contributed by atoms with Crippen molar-refractivity contribution < 1.29 is 14.1 Å². The molecule has 7 nitrogen and oxygen atoms in total. The molecule has 1 aromatic rings. The molecule has 124 valence electrons. The molecular formula is C15H26N4O3. The van der Waals surface area contributed by atoms with E-state index in [1.165, 1.54) is 0 Å². The van der Waals surface area contributed by atoms with Gasteiger partial charge in [0.2, 0.25) is 5.89 Å². The van der Waals surface area contributed by atoms with Gasteiger partial charge >= 0.3 is 5.97 Å². The summed E-state index contributed by atoms with van der Waals surface area (Å²) in [5, 5.41) is 4.01. The van der Waals surface area contributed by atoms with Crippen LogP contribution in [0, 0.1) is 0 Å². The van der Waals surface area contributed by atoms with Gasteiger partial charge in [0.25, 0.3) is 0 Å². The minimum Gasteiger partial charge on any atom is -0.460 e. The Bertz CT molecular complexity index is 513. The van der Waals surface area contributed by atoms with Gasteiger partial charge in [-0.3, -0.25) is 4.79 Å². The van der Waals surface area contributed by atoms with Crippen molar-refractivity contribution in [3.63, 3.8) is 0 Å². The maximum absolute atomic E-state index is 11.7. The van der Waals surface area contributed by atoms with E-state index in [0.29, 0.717) is 18.1 Å². The molecule has 1 aromatic heterocycles. The monoisotopic (exact) mass is 310 g/mol. The van der Waals surface area contributed by atoms with E-state index in [0.717, 1.165) is 25.9 Å². The van der Waals surface area contributed by atoms with Gasteiger partial charge < -0.3 is 19.9 Å². The number of likely N-dealkylation sites (tertiary alicyclic amines) is 1. The van der Waals surface area contributed by atoms with Crippen molar-refractivity contribution in [3.05, 3.63) is 11.7 Å². The summed E-state index contributed by atoms with van der Waals surface area (Å²) in [5.74, 6) is 0.707. The lowest BCUT2D eigenvalue weighted by atomic mass is 9.88. The molecule has 2 N–H and O–H groups in total. The largest absolute Gasteiger partial charge is 0.460 e. The van der Waals surface area contributed by atoms with Crippen LogP contribution in [0.4, 0.5) is 0 Å². The van der Waals surface area contributed by atoms with E-state index in [9.17, 15) is 4.79 Å². The van der Waals surface area contributed by atoms with Gasteiger partial charge in [-0.15, -0.1) is 0 Å². The summed E-state index contributed by atoms with van der Waals surface area (Å²) < 4.78 is 10.5. The van der Waals surface area contributed by atoms with Crippen LogP contribution in [0.15, 0.2) is 4.52 Å². The summed E-state index contributed by atoms with van der Waals surface area (Å²) in [7, 11) is 2.07. The van der Waals surface area contributed by atoms with Crippen LogP contribution in [0.1, 0.15) is 51.7 Å². The maximum Gasteiger partial charge on any atom is 0.306 e. The summed E-state index contributed by atoms with van der Waals surface area (Å²) in [6.45, 7) is 7.35. The normalized spacial score (nSPS) is 19.1. The smallest absolute Gasteiger partial charge is 0.306 e. The molecule has 0 radical (unpaired) electrons. The van der Waals surface area contributed by atoms with E-state index in [-0.39, 0.29) is 12.4 Å². The first-order valence-corrected chi connectivity index (χ1v) is 7.70. The minimum absolute atomic E-state index is 0.221. The quantitative estimate of drug-likeness (QED) is 0.836. The summed E-state index contributed by atoms with van der Waals surface area (Å²) in [6.07, 6.45) is 2.19. The van der Waals surface area contributed by atoms with Crippen LogP contribution < -0.4 is 5.73 Å². The summed E-state index contributed by atoms with van der Waals surface area (Å²) >= 11 is 0. The van der Waals surface area contributed by atoms with Gasteiger partial charge in [0.15, 0.2) is 5.82 Å². The number of piperidine rings is 1. The van der Waals surface area contributed by atoms with Crippen LogP contribution in [-0.4, -0.2) is 46.7 Å². The summed E-state index contributed by atoms with van der Waals surface area (Å²) in [5.41, 5.74) is 5.38. The molecule has 0 aliphatic carbocycles. The van der Waals surface area contributed by atoms with Gasteiger partial charge in [-0.1, -0.05) is 5.16 Å². The molecule has 0 aromatic carbocycles. The molecule has 0 atom stereocenters. The molecule has 7 heteroatoms. The van der Waals surface area contributed by atoms with Crippen LogP contribution in [0.3, 0.4) is 0 Å². The van der Waals surface area contributed by atoms with Crippen molar-refractivity contribution in [2.24, 2.45) is 5.73 Å². The number of aromatic nitrogens is 2. The lowest BCUT2D eigenvalue weighted by Gasteiger charge is -2.35. The fraction of sp³-hybridized carbons (Fsp3) is 0.800. The first-order valence-electron chi connectivity index (χ1n) is 7.70. The third-order valence-electron chi connectivity index (χ3n) is 3.76. The van der Waals surface area contributed by atoms with Crippen molar-refractivity contribution in [3.8, 4) is 0 Å². The van der Waals surface area contributed by atoms with Crippen molar-refractivity contribution in [1.29, 1.82) is 0 Å². The number of carbonyl (C=O) groups excluding carboxylic acids is 1. The number of hydrogen-bond acceptors (Lipinski definition) is 7. The molecule has 1 aliphatic heterocycles. The zero-order valence-corrected chi connectivity index (χ0v) is 13.9. The Balaban J connectivity index is 1.90. The number of hydrogen-bond donors (Lipinski definition) is 1. The molecule has 1 aliphatic rings. The summed E-state index contributed by atoms with van der Waals surface area (Å²) in [4.78, 5) is 18.3. The van der Waals surface area contributed by atoms with Gasteiger partial charge in [-0.05, 0) is 40.7 Å². The summed E-state index contributed by atoms with van der Waals surface area (Å²) in [6, 6.07) is 0. The van der Waals surface area contributed by atoms with E-state index >= 15 is 0 Å². The number of ether oxygens (including phenoxy) is 1. The van der Waals surface area contributed by atoms with Crippen LogP contribution in [0.5, 0.6) is 0 Å². The van der Waals surface area contributed by atoms with E-state index in [2.05, 4.69) is 22.1 Å². The van der Waals surface area contributed by atoms with Crippen molar-refractivity contribution >= 4 is 5.97 Å². The second kappa shape index (κ2) is 6.34. The first-order chi connectivity index (χ1) is 10.2. The minimum atomic E-state index is -0.528. The van der Waals surface area contributed by atoms with Crippen molar-refractivity contribution in [2.75, 3.05) is 20.1 Å². The molecule has 0 unspecified atom stereocenters. The predicted octanol–water partition coefficient (Wildman–Crippen LogP) is 1.22. The molecule has 0 bridgehead atoms. The van der Waals surface area contributed by atoms with E-state index in [4.69, 9.17) is 15.0 Å². The van der Waals surface area contributed by atoms with Crippen LogP contribution in [0.25, 0.3) is 0 Å². The highest BCUT2D eigenvalue weighted by atomic mass is 16.6. The van der Waals surface area contributed by atoms with Gasteiger partial charge in [0, 0.05) is 19.5 Å². The Morgan fingerprint density at radius 2 is 2.05 bits per heavy atom. The Labute approximate surface area is 131 Å². The third kappa shape index (κ3) is 4.51. The Hall–Kier alpha value is -1.47. The molecule has 0 amide bonds. The van der Waals surface area contributed by atoms with Crippen molar-refractivity contribution in [1.82, 2.24) is 15.0 Å². The topological polar surface area (TPSA) is 94.5 Å². The molecule has 2 heterocycles. The number of rotatable bonds is 4. The van der Waals surface area contributed by atoms with E-state index in [1.54, 1.807) is 0 Å². The second-order valence-electron chi connectivity index (χ2n) is 7.06. The van der Waals surface area contributed by atoms with Crippen LogP contribution in [-0.2, 0) is 21.5 Å². The third-order valence-corrected chi connectivity index (χ3v) is 3.76. The number of carbonyl (C=O) groups is 1. The molecule has 2 rings (SSSR count). The molecule has 0 saturated carbocycles. The van der Waals surface area contributed by atoms with Gasteiger partial charge in [0.1, 0.15) is 5.60 Å². The average molecular weight is 310 g/mol.